The van der Waals surface area contributed by atoms with Gasteiger partial charge in [-0.2, -0.15) is 0 Å². The van der Waals surface area contributed by atoms with Gasteiger partial charge in [-0.1, -0.05) is 0 Å². The lowest BCUT2D eigenvalue weighted by Gasteiger charge is -2.37. The maximum Gasteiger partial charge on any atom is 0.320 e. The Bertz CT molecular complexity index is 660. The van der Waals surface area contributed by atoms with Gasteiger partial charge in [0.2, 0.25) is 0 Å². The number of hydrogen-bond acceptors (Lipinski definition) is 7. The van der Waals surface area contributed by atoms with E-state index in [9.17, 15) is 9.59 Å². The van der Waals surface area contributed by atoms with Crippen LogP contribution in [0.25, 0.3) is 0 Å². The molecule has 1 aliphatic rings. The lowest BCUT2D eigenvalue weighted by Crippen LogP contribution is -2.39. The topological polar surface area (TPSA) is 74.3 Å². The molecule has 1 aliphatic heterocycles. The smallest absolute Gasteiger partial charge is 0.320 e. The van der Waals surface area contributed by atoms with Gasteiger partial charge < -0.3 is 18.9 Å². The number of carbonyl (C=O) groups excluding carboxylic acids is 2. The van der Waals surface area contributed by atoms with Gasteiger partial charge >= 0.3 is 11.9 Å². The first-order valence-electron chi connectivity index (χ1n) is 9.34. The summed E-state index contributed by atoms with van der Waals surface area (Å²) in [6.07, 6.45) is 1.62. The van der Waals surface area contributed by atoms with Gasteiger partial charge in [0.1, 0.15) is 0 Å². The van der Waals surface area contributed by atoms with Crippen LogP contribution in [0.2, 0.25) is 0 Å². The highest BCUT2D eigenvalue weighted by Crippen LogP contribution is 2.39. The monoisotopic (exact) mass is 379 g/mol. The fraction of sp³-hybridized carbons (Fsp3) is 0.600. The number of fused-ring (bicyclic) bond motifs is 1. The van der Waals surface area contributed by atoms with E-state index in [4.69, 9.17) is 18.9 Å². The maximum atomic E-state index is 12.0. The first-order chi connectivity index (χ1) is 13.0. The molecule has 1 unspecified atom stereocenters. The molecular formula is C20H29NO6. The van der Waals surface area contributed by atoms with E-state index in [0.717, 1.165) is 17.5 Å². The van der Waals surface area contributed by atoms with E-state index >= 15 is 0 Å². The highest BCUT2D eigenvalue weighted by Gasteiger charge is 2.31. The Morgan fingerprint density at radius 3 is 2.30 bits per heavy atom. The third kappa shape index (κ3) is 5.35. The predicted molar refractivity (Wildman–Crippen MR) is 100 cm³/mol. The summed E-state index contributed by atoms with van der Waals surface area (Å²) in [6.45, 7) is 5.18. The van der Waals surface area contributed by atoms with Crippen LogP contribution in [0.3, 0.4) is 0 Å². The SMILES string of the molecule is CCOC(=O)CCC1c2cc(OC)c(OC)cc2CCN1CC(=O)OCC. The van der Waals surface area contributed by atoms with Crippen molar-refractivity contribution in [3.8, 4) is 11.5 Å². The molecule has 0 radical (unpaired) electrons. The summed E-state index contributed by atoms with van der Waals surface area (Å²) < 4.78 is 21.0. The second kappa shape index (κ2) is 10.2. The summed E-state index contributed by atoms with van der Waals surface area (Å²) in [5, 5.41) is 0. The Labute approximate surface area is 160 Å². The van der Waals surface area contributed by atoms with Gasteiger partial charge in [0.15, 0.2) is 11.5 Å². The van der Waals surface area contributed by atoms with E-state index in [1.165, 1.54) is 0 Å². The molecule has 0 fully saturated rings. The molecule has 27 heavy (non-hydrogen) atoms. The molecule has 1 atom stereocenters. The fourth-order valence-corrected chi connectivity index (χ4v) is 3.47. The second-order valence-corrected chi connectivity index (χ2v) is 6.29. The first-order valence-corrected chi connectivity index (χ1v) is 9.34. The minimum atomic E-state index is -0.262. The summed E-state index contributed by atoms with van der Waals surface area (Å²) in [6, 6.07) is 3.83. The van der Waals surface area contributed by atoms with Crippen molar-refractivity contribution in [2.24, 2.45) is 0 Å². The molecule has 0 spiro atoms. The Morgan fingerprint density at radius 2 is 1.67 bits per heavy atom. The van der Waals surface area contributed by atoms with Crippen LogP contribution in [-0.2, 0) is 25.5 Å². The average molecular weight is 379 g/mol. The van der Waals surface area contributed by atoms with Crippen LogP contribution in [0.4, 0.5) is 0 Å². The number of ether oxygens (including phenoxy) is 4. The summed E-state index contributed by atoms with van der Waals surface area (Å²) >= 11 is 0. The molecule has 2 rings (SSSR count). The average Bonchev–Trinajstić information content (AvgIpc) is 2.66. The minimum Gasteiger partial charge on any atom is -0.493 e. The molecular weight excluding hydrogens is 350 g/mol. The van der Waals surface area contributed by atoms with Crippen LogP contribution < -0.4 is 9.47 Å². The van der Waals surface area contributed by atoms with Gasteiger partial charge in [-0.05, 0) is 49.9 Å². The van der Waals surface area contributed by atoms with Crippen LogP contribution in [-0.4, -0.2) is 57.4 Å². The molecule has 7 heteroatoms. The Kier molecular flexibility index (Phi) is 7.91. The molecule has 7 nitrogen and oxygen atoms in total. The zero-order valence-corrected chi connectivity index (χ0v) is 16.6. The van der Waals surface area contributed by atoms with Crippen molar-refractivity contribution in [3.63, 3.8) is 0 Å². The standard InChI is InChI=1S/C20H29NO6/c1-5-26-19(22)8-7-16-15-12-18(25-4)17(24-3)11-14(15)9-10-21(16)13-20(23)27-6-2/h11-12,16H,5-10,13H2,1-4H3. The highest BCUT2D eigenvalue weighted by atomic mass is 16.5. The summed E-state index contributed by atoms with van der Waals surface area (Å²) in [4.78, 5) is 26.0. The van der Waals surface area contributed by atoms with Gasteiger partial charge in [-0.15, -0.1) is 0 Å². The number of benzene rings is 1. The first kappa shape index (κ1) is 21.0. The summed E-state index contributed by atoms with van der Waals surface area (Å²) in [7, 11) is 3.20. The third-order valence-electron chi connectivity index (χ3n) is 4.68. The van der Waals surface area contributed by atoms with Gasteiger partial charge in [-0.25, -0.2) is 0 Å². The molecule has 1 heterocycles. The molecule has 150 valence electrons. The van der Waals surface area contributed by atoms with Crippen molar-refractivity contribution in [2.75, 3.05) is 40.5 Å². The van der Waals surface area contributed by atoms with E-state index in [1.807, 2.05) is 12.1 Å². The number of methoxy groups -OCH3 is 2. The molecule has 1 aromatic carbocycles. The molecule has 0 amide bonds. The number of rotatable bonds is 9. The van der Waals surface area contributed by atoms with E-state index in [1.54, 1.807) is 28.1 Å². The number of nitrogens with zero attached hydrogens (tertiary/aromatic N) is 1. The Balaban J connectivity index is 2.29. The van der Waals surface area contributed by atoms with E-state index in [-0.39, 0.29) is 30.9 Å². The Hall–Kier alpha value is -2.28. The lowest BCUT2D eigenvalue weighted by molar-refractivity contribution is -0.145. The van der Waals surface area contributed by atoms with Crippen LogP contribution in [0, 0.1) is 0 Å². The number of esters is 2. The van der Waals surface area contributed by atoms with Crippen molar-refractivity contribution in [2.45, 2.75) is 39.2 Å². The second-order valence-electron chi connectivity index (χ2n) is 6.29. The normalized spacial score (nSPS) is 16.4. The lowest BCUT2D eigenvalue weighted by atomic mass is 9.89. The quantitative estimate of drug-likeness (QED) is 0.610. The van der Waals surface area contributed by atoms with Crippen LogP contribution in [0.1, 0.15) is 43.9 Å². The van der Waals surface area contributed by atoms with Crippen LogP contribution in [0.5, 0.6) is 11.5 Å². The molecule has 0 saturated heterocycles. The fourth-order valence-electron chi connectivity index (χ4n) is 3.47. The summed E-state index contributed by atoms with van der Waals surface area (Å²) in [5.41, 5.74) is 2.19. The molecule has 0 aliphatic carbocycles. The van der Waals surface area contributed by atoms with Crippen molar-refractivity contribution in [3.05, 3.63) is 23.3 Å². The zero-order chi connectivity index (χ0) is 19.8. The largest absolute Gasteiger partial charge is 0.493 e. The zero-order valence-electron chi connectivity index (χ0n) is 16.6. The molecule has 1 aromatic rings. The number of carbonyl (C=O) groups is 2. The van der Waals surface area contributed by atoms with Crippen molar-refractivity contribution >= 4 is 11.9 Å². The van der Waals surface area contributed by atoms with Gasteiger partial charge in [0.05, 0.1) is 34.0 Å². The highest BCUT2D eigenvalue weighted by molar-refractivity contribution is 5.72. The van der Waals surface area contributed by atoms with E-state index in [2.05, 4.69) is 4.90 Å². The maximum absolute atomic E-state index is 12.0. The van der Waals surface area contributed by atoms with Gasteiger partial charge in [0, 0.05) is 19.0 Å². The van der Waals surface area contributed by atoms with Gasteiger partial charge in [-0.3, -0.25) is 14.5 Å². The van der Waals surface area contributed by atoms with Crippen molar-refractivity contribution in [1.82, 2.24) is 4.90 Å². The third-order valence-corrected chi connectivity index (χ3v) is 4.68. The van der Waals surface area contributed by atoms with E-state index in [0.29, 0.717) is 37.7 Å². The molecule has 0 N–H and O–H groups in total. The van der Waals surface area contributed by atoms with Gasteiger partial charge in [0.25, 0.3) is 0 Å². The minimum absolute atomic E-state index is 0.0950. The predicted octanol–water partition coefficient (Wildman–Crippen LogP) is 2.51. The van der Waals surface area contributed by atoms with Crippen LogP contribution in [0.15, 0.2) is 12.1 Å². The van der Waals surface area contributed by atoms with Crippen molar-refractivity contribution < 1.29 is 28.5 Å². The molecule has 0 saturated carbocycles. The summed E-state index contributed by atoms with van der Waals surface area (Å²) in [5.74, 6) is 0.818. The van der Waals surface area contributed by atoms with Crippen molar-refractivity contribution in [1.29, 1.82) is 0 Å². The van der Waals surface area contributed by atoms with E-state index < -0.39 is 0 Å². The molecule has 0 bridgehead atoms. The van der Waals surface area contributed by atoms with Crippen LogP contribution >= 0.6 is 0 Å². The number of hydrogen-bond donors (Lipinski definition) is 0. The molecule has 0 aromatic heterocycles. The Morgan fingerprint density at radius 1 is 1.04 bits per heavy atom.